The molecule has 3 amide bonds. The third-order valence-electron chi connectivity index (χ3n) is 4.51. The number of piperazine rings is 1. The Morgan fingerprint density at radius 2 is 1.81 bits per heavy atom. The molecule has 21 heavy (non-hydrogen) atoms. The van der Waals surface area contributed by atoms with Gasteiger partial charge in [0, 0.05) is 32.7 Å². The molecule has 0 saturated carbocycles. The number of urea groups is 1. The Bertz CT molecular complexity index is 372. The second kappa shape index (κ2) is 7.11. The van der Waals surface area contributed by atoms with Gasteiger partial charge in [-0.2, -0.15) is 0 Å². The van der Waals surface area contributed by atoms with E-state index in [-0.39, 0.29) is 17.5 Å². The van der Waals surface area contributed by atoms with E-state index >= 15 is 0 Å². The highest BCUT2D eigenvalue weighted by molar-refractivity contribution is 5.87. The SMILES string of the molecule is CCCC1(C(=O)N2CCN(C(=O)NCC)CC2)CCCN1. The van der Waals surface area contributed by atoms with Gasteiger partial charge in [-0.15, -0.1) is 0 Å². The molecular formula is C15H28N4O2. The summed E-state index contributed by atoms with van der Waals surface area (Å²) in [7, 11) is 0. The minimum absolute atomic E-state index is 0.0214. The van der Waals surface area contributed by atoms with Gasteiger partial charge in [-0.3, -0.25) is 4.79 Å². The summed E-state index contributed by atoms with van der Waals surface area (Å²) in [4.78, 5) is 28.4. The van der Waals surface area contributed by atoms with Crippen LogP contribution in [0.1, 0.15) is 39.5 Å². The molecule has 0 aliphatic carbocycles. The molecule has 2 fully saturated rings. The molecule has 0 aromatic heterocycles. The lowest BCUT2D eigenvalue weighted by atomic mass is 9.90. The maximum Gasteiger partial charge on any atom is 0.317 e. The fraction of sp³-hybridized carbons (Fsp3) is 0.867. The number of hydrogen-bond acceptors (Lipinski definition) is 3. The first-order valence-electron chi connectivity index (χ1n) is 8.20. The number of carbonyl (C=O) groups is 2. The number of carbonyl (C=O) groups excluding carboxylic acids is 2. The van der Waals surface area contributed by atoms with Crippen LogP contribution in [-0.2, 0) is 4.79 Å². The number of nitrogens with zero attached hydrogens (tertiary/aromatic N) is 2. The number of amides is 3. The van der Waals surface area contributed by atoms with Crippen LogP contribution in [0.25, 0.3) is 0 Å². The van der Waals surface area contributed by atoms with Gasteiger partial charge in [-0.05, 0) is 32.7 Å². The maximum atomic E-state index is 12.9. The zero-order valence-corrected chi connectivity index (χ0v) is 13.3. The van der Waals surface area contributed by atoms with E-state index in [1.165, 1.54) is 0 Å². The van der Waals surface area contributed by atoms with Crippen molar-refractivity contribution in [3.8, 4) is 0 Å². The van der Waals surface area contributed by atoms with Crippen molar-refractivity contribution in [2.75, 3.05) is 39.3 Å². The van der Waals surface area contributed by atoms with Gasteiger partial charge in [0.2, 0.25) is 5.91 Å². The van der Waals surface area contributed by atoms with Gasteiger partial charge in [-0.25, -0.2) is 4.79 Å². The summed E-state index contributed by atoms with van der Waals surface area (Å²) in [5.74, 6) is 0.234. The number of rotatable bonds is 4. The molecule has 0 spiro atoms. The Balaban J connectivity index is 1.92. The molecule has 6 heteroatoms. The monoisotopic (exact) mass is 296 g/mol. The summed E-state index contributed by atoms with van der Waals surface area (Å²) in [5, 5.41) is 6.25. The summed E-state index contributed by atoms with van der Waals surface area (Å²) in [6, 6.07) is -0.0214. The third kappa shape index (κ3) is 3.48. The van der Waals surface area contributed by atoms with E-state index in [0.717, 1.165) is 32.2 Å². The molecule has 2 aliphatic heterocycles. The van der Waals surface area contributed by atoms with E-state index in [9.17, 15) is 9.59 Å². The first kappa shape index (κ1) is 16.1. The zero-order chi connectivity index (χ0) is 15.3. The van der Waals surface area contributed by atoms with Gasteiger partial charge in [-0.1, -0.05) is 13.3 Å². The van der Waals surface area contributed by atoms with Crippen molar-refractivity contribution < 1.29 is 9.59 Å². The average molecular weight is 296 g/mol. The molecule has 0 aromatic rings. The van der Waals surface area contributed by atoms with Gasteiger partial charge in [0.15, 0.2) is 0 Å². The quantitative estimate of drug-likeness (QED) is 0.806. The first-order valence-corrected chi connectivity index (χ1v) is 8.20. The van der Waals surface area contributed by atoms with E-state index < -0.39 is 0 Å². The second-order valence-corrected chi connectivity index (χ2v) is 5.98. The van der Waals surface area contributed by atoms with Gasteiger partial charge in [0.05, 0.1) is 5.54 Å². The maximum absolute atomic E-state index is 12.9. The summed E-state index contributed by atoms with van der Waals surface area (Å²) in [6.07, 6.45) is 3.93. The van der Waals surface area contributed by atoms with Crippen LogP contribution in [0.15, 0.2) is 0 Å². The largest absolute Gasteiger partial charge is 0.338 e. The fourth-order valence-corrected chi connectivity index (χ4v) is 3.41. The number of hydrogen-bond donors (Lipinski definition) is 2. The predicted molar refractivity (Wildman–Crippen MR) is 82.1 cm³/mol. The summed E-state index contributed by atoms with van der Waals surface area (Å²) in [5.41, 5.74) is -0.345. The van der Waals surface area contributed by atoms with Crippen LogP contribution in [0.3, 0.4) is 0 Å². The van der Waals surface area contributed by atoms with Crippen LogP contribution >= 0.6 is 0 Å². The lowest BCUT2D eigenvalue weighted by Gasteiger charge is -2.39. The van der Waals surface area contributed by atoms with Gasteiger partial charge < -0.3 is 20.4 Å². The van der Waals surface area contributed by atoms with Crippen molar-refractivity contribution in [2.45, 2.75) is 45.1 Å². The Morgan fingerprint density at radius 1 is 1.14 bits per heavy atom. The van der Waals surface area contributed by atoms with Crippen molar-refractivity contribution in [1.29, 1.82) is 0 Å². The Labute approximate surface area is 127 Å². The molecule has 1 unspecified atom stereocenters. The van der Waals surface area contributed by atoms with E-state index in [1.807, 2.05) is 11.8 Å². The topological polar surface area (TPSA) is 64.7 Å². The highest BCUT2D eigenvalue weighted by atomic mass is 16.2. The highest BCUT2D eigenvalue weighted by Gasteiger charge is 2.43. The van der Waals surface area contributed by atoms with Crippen molar-refractivity contribution in [2.24, 2.45) is 0 Å². The lowest BCUT2D eigenvalue weighted by molar-refractivity contribution is -0.139. The zero-order valence-electron chi connectivity index (χ0n) is 13.3. The molecule has 0 bridgehead atoms. The van der Waals surface area contributed by atoms with Gasteiger partial charge >= 0.3 is 6.03 Å². The van der Waals surface area contributed by atoms with E-state index in [2.05, 4.69) is 17.6 Å². The molecule has 0 radical (unpaired) electrons. The second-order valence-electron chi connectivity index (χ2n) is 5.98. The van der Waals surface area contributed by atoms with Crippen LogP contribution in [0.4, 0.5) is 4.79 Å². The summed E-state index contributed by atoms with van der Waals surface area (Å²) in [6.45, 7) is 8.15. The normalized spacial score (nSPS) is 26.0. The third-order valence-corrected chi connectivity index (χ3v) is 4.51. The fourth-order valence-electron chi connectivity index (χ4n) is 3.41. The Morgan fingerprint density at radius 3 is 2.33 bits per heavy atom. The average Bonchev–Trinajstić information content (AvgIpc) is 2.97. The summed E-state index contributed by atoms with van der Waals surface area (Å²) >= 11 is 0. The van der Waals surface area contributed by atoms with Crippen LogP contribution in [0, 0.1) is 0 Å². The molecule has 2 saturated heterocycles. The highest BCUT2D eigenvalue weighted by Crippen LogP contribution is 2.27. The minimum atomic E-state index is -0.345. The van der Waals surface area contributed by atoms with Crippen LogP contribution < -0.4 is 10.6 Å². The molecular weight excluding hydrogens is 268 g/mol. The van der Waals surface area contributed by atoms with Crippen molar-refractivity contribution in [3.63, 3.8) is 0 Å². The van der Waals surface area contributed by atoms with Crippen LogP contribution in [0.2, 0.25) is 0 Å². The summed E-state index contributed by atoms with van der Waals surface area (Å²) < 4.78 is 0. The molecule has 2 N–H and O–H groups in total. The predicted octanol–water partition coefficient (Wildman–Crippen LogP) is 0.782. The van der Waals surface area contributed by atoms with E-state index in [1.54, 1.807) is 4.90 Å². The van der Waals surface area contributed by atoms with Crippen LogP contribution in [0.5, 0.6) is 0 Å². The Kier molecular flexibility index (Phi) is 5.45. The van der Waals surface area contributed by atoms with Gasteiger partial charge in [0.1, 0.15) is 0 Å². The van der Waals surface area contributed by atoms with Crippen molar-refractivity contribution >= 4 is 11.9 Å². The van der Waals surface area contributed by atoms with Gasteiger partial charge in [0.25, 0.3) is 0 Å². The molecule has 0 aromatic carbocycles. The van der Waals surface area contributed by atoms with Crippen LogP contribution in [-0.4, -0.2) is 66.5 Å². The molecule has 1 atom stereocenters. The molecule has 2 aliphatic rings. The Hall–Kier alpha value is -1.30. The standard InChI is InChI=1S/C15H28N4O2/c1-3-6-15(7-5-8-17-15)13(20)18-9-11-19(12-10-18)14(21)16-4-2/h17H,3-12H2,1-2H3,(H,16,21). The number of nitrogens with one attached hydrogen (secondary N) is 2. The lowest BCUT2D eigenvalue weighted by Crippen LogP contribution is -2.60. The van der Waals surface area contributed by atoms with E-state index in [4.69, 9.17) is 0 Å². The van der Waals surface area contributed by atoms with Crippen molar-refractivity contribution in [1.82, 2.24) is 20.4 Å². The van der Waals surface area contributed by atoms with Crippen molar-refractivity contribution in [3.05, 3.63) is 0 Å². The molecule has 2 rings (SSSR count). The molecule has 6 nitrogen and oxygen atoms in total. The van der Waals surface area contributed by atoms with E-state index in [0.29, 0.717) is 32.7 Å². The first-order chi connectivity index (χ1) is 10.1. The molecule has 120 valence electrons. The minimum Gasteiger partial charge on any atom is -0.338 e. The molecule has 2 heterocycles. The smallest absolute Gasteiger partial charge is 0.317 e.